The van der Waals surface area contributed by atoms with Crippen molar-refractivity contribution in [2.75, 3.05) is 36.0 Å². The Morgan fingerprint density at radius 1 is 1.14 bits per heavy atom. The maximum Gasteiger partial charge on any atom is 0.433 e. The predicted molar refractivity (Wildman–Crippen MR) is 97.9 cm³/mol. The summed E-state index contributed by atoms with van der Waals surface area (Å²) in [4.78, 5) is 11.9. The number of halogens is 3. The largest absolute Gasteiger partial charge is 0.433 e. The highest BCUT2D eigenvalue weighted by Gasteiger charge is 2.56. The molecule has 2 aliphatic heterocycles. The number of aromatic amines is 1. The Balaban J connectivity index is 0.000000778. The zero-order chi connectivity index (χ0) is 19.9. The van der Waals surface area contributed by atoms with Gasteiger partial charge in [-0.05, 0) is 24.2 Å². The van der Waals surface area contributed by atoms with E-state index in [9.17, 15) is 13.2 Å². The maximum atomic E-state index is 13.2. The molecule has 1 aliphatic carbocycles. The minimum Gasteiger partial charge on any atom is -0.356 e. The number of alkyl halides is 3. The molecule has 1 unspecified atom stereocenters. The summed E-state index contributed by atoms with van der Waals surface area (Å²) in [6.45, 7) is 6.83. The lowest BCUT2D eigenvalue weighted by Crippen LogP contribution is -2.39. The van der Waals surface area contributed by atoms with Gasteiger partial charge in [0.15, 0.2) is 11.5 Å². The molecule has 3 fully saturated rings. The molecule has 4 heterocycles. The molecule has 8 nitrogen and oxygen atoms in total. The number of aromatic nitrogens is 6. The minimum absolute atomic E-state index is 0. The van der Waals surface area contributed by atoms with Crippen LogP contribution >= 0.6 is 0 Å². The molecule has 2 aromatic heterocycles. The number of nitrogens with one attached hydrogen (secondary N) is 1. The van der Waals surface area contributed by atoms with Gasteiger partial charge >= 0.3 is 6.18 Å². The van der Waals surface area contributed by atoms with Gasteiger partial charge < -0.3 is 9.80 Å². The molecule has 3 aliphatic rings. The quantitative estimate of drug-likeness (QED) is 0.846. The zero-order valence-electron chi connectivity index (χ0n) is 15.8. The fourth-order valence-corrected chi connectivity index (χ4v) is 4.01. The van der Waals surface area contributed by atoms with Crippen LogP contribution in [0.15, 0.2) is 6.07 Å². The number of hydrogen-bond acceptors (Lipinski definition) is 7. The first-order chi connectivity index (χ1) is 13.5. The van der Waals surface area contributed by atoms with E-state index >= 15 is 0 Å². The van der Waals surface area contributed by atoms with Gasteiger partial charge in [-0.25, -0.2) is 4.98 Å². The van der Waals surface area contributed by atoms with Gasteiger partial charge in [-0.15, -0.1) is 10.2 Å². The van der Waals surface area contributed by atoms with Gasteiger partial charge in [-0.1, -0.05) is 19.1 Å². The number of piperidine rings is 1. The first kappa shape index (κ1) is 18.9. The Kier molecular flexibility index (Phi) is 4.84. The van der Waals surface area contributed by atoms with Crippen LogP contribution in [0, 0.1) is 17.8 Å². The van der Waals surface area contributed by atoms with Crippen molar-refractivity contribution in [1.29, 1.82) is 0 Å². The van der Waals surface area contributed by atoms with Crippen molar-refractivity contribution in [3.8, 4) is 0 Å². The third kappa shape index (κ3) is 3.49. The summed E-state index contributed by atoms with van der Waals surface area (Å²) in [5, 5.41) is 13.9. The SMILES string of the molecule is CC.FC(F)(F)c1cc(N2C[C@@H]3C(Cc4nn[nH]n4)[C@@H]3C2)nc(N2CCC2)n1.[HH]. The topological polar surface area (TPSA) is 86.7 Å². The molecule has 0 spiro atoms. The molecule has 154 valence electrons. The van der Waals surface area contributed by atoms with Gasteiger partial charge in [-0.2, -0.15) is 23.4 Å². The van der Waals surface area contributed by atoms with Crippen LogP contribution in [0.2, 0.25) is 0 Å². The first-order valence-corrected chi connectivity index (χ1v) is 9.67. The van der Waals surface area contributed by atoms with E-state index in [1.54, 1.807) is 4.90 Å². The third-order valence-corrected chi connectivity index (χ3v) is 5.63. The Morgan fingerprint density at radius 2 is 1.86 bits per heavy atom. The van der Waals surface area contributed by atoms with Crippen LogP contribution in [-0.4, -0.2) is 56.8 Å². The number of anilines is 2. The van der Waals surface area contributed by atoms with E-state index in [4.69, 9.17) is 0 Å². The molecule has 1 N–H and O–H groups in total. The van der Waals surface area contributed by atoms with E-state index in [2.05, 4.69) is 30.6 Å². The Bertz CT molecular complexity index is 800. The van der Waals surface area contributed by atoms with Crippen molar-refractivity contribution in [2.24, 2.45) is 17.8 Å². The summed E-state index contributed by atoms with van der Waals surface area (Å²) in [6.07, 6.45) is -2.75. The van der Waals surface area contributed by atoms with Crippen LogP contribution in [0.3, 0.4) is 0 Å². The molecule has 0 radical (unpaired) electrons. The fourth-order valence-electron chi connectivity index (χ4n) is 4.01. The zero-order valence-corrected chi connectivity index (χ0v) is 15.8. The number of H-pyrrole nitrogens is 1. The summed E-state index contributed by atoms with van der Waals surface area (Å²) in [5.41, 5.74) is -0.867. The molecular weight excluding hydrogens is 373 g/mol. The van der Waals surface area contributed by atoms with Gasteiger partial charge in [0.25, 0.3) is 0 Å². The number of tetrazole rings is 1. The Labute approximate surface area is 162 Å². The van der Waals surface area contributed by atoms with Crippen LogP contribution in [0.5, 0.6) is 0 Å². The summed E-state index contributed by atoms with van der Waals surface area (Å²) >= 11 is 0. The van der Waals surface area contributed by atoms with E-state index in [0.717, 1.165) is 18.9 Å². The Hall–Kier alpha value is -2.46. The van der Waals surface area contributed by atoms with Crippen molar-refractivity contribution in [3.63, 3.8) is 0 Å². The van der Waals surface area contributed by atoms with Crippen LogP contribution < -0.4 is 9.80 Å². The van der Waals surface area contributed by atoms with E-state index in [0.29, 0.717) is 55.6 Å². The van der Waals surface area contributed by atoms with Gasteiger partial charge in [-0.3, -0.25) is 0 Å². The average Bonchev–Trinajstić information content (AvgIpc) is 3.02. The first-order valence-electron chi connectivity index (χ1n) is 9.67. The lowest BCUT2D eigenvalue weighted by molar-refractivity contribution is -0.141. The number of rotatable bonds is 4. The minimum atomic E-state index is -4.47. The lowest BCUT2D eigenvalue weighted by atomic mass is 10.2. The predicted octanol–water partition coefficient (Wildman–Crippen LogP) is 2.42. The molecule has 2 saturated heterocycles. The van der Waals surface area contributed by atoms with Crippen LogP contribution in [0.4, 0.5) is 24.9 Å². The lowest BCUT2D eigenvalue weighted by Gasteiger charge is -2.32. The molecule has 11 heteroatoms. The van der Waals surface area contributed by atoms with E-state index in [-0.39, 0.29) is 7.37 Å². The van der Waals surface area contributed by atoms with Crippen LogP contribution in [0.1, 0.15) is 33.2 Å². The van der Waals surface area contributed by atoms with Gasteiger partial charge in [0.05, 0.1) is 0 Å². The standard InChI is InChI=1S/C15H17F3N8.C2H6.H2/c16-15(17,18)11-5-13(20-14(19-11)25-2-1-3-25)26-6-9-8(10(9)7-26)4-12-21-23-24-22-12;1-2;/h5,8-10H,1-4,6-7H2,(H,21,22,23,24);1-2H3;1H/t8?,9-,10+;;. The number of nitrogens with zero attached hydrogens (tertiary/aromatic N) is 7. The molecular formula is C17H25F3N8. The molecule has 0 aromatic carbocycles. The molecule has 0 amide bonds. The molecule has 3 atom stereocenters. The number of hydrogen-bond donors (Lipinski definition) is 1. The molecule has 1 saturated carbocycles. The van der Waals surface area contributed by atoms with Gasteiger partial charge in [0, 0.05) is 40.1 Å². The highest BCUT2D eigenvalue weighted by Crippen LogP contribution is 2.53. The summed E-state index contributed by atoms with van der Waals surface area (Å²) < 4.78 is 39.7. The fraction of sp³-hybridized carbons (Fsp3) is 0.706. The van der Waals surface area contributed by atoms with Crippen molar-refractivity contribution in [2.45, 2.75) is 32.9 Å². The van der Waals surface area contributed by atoms with E-state index in [1.165, 1.54) is 0 Å². The van der Waals surface area contributed by atoms with Crippen LogP contribution in [0.25, 0.3) is 0 Å². The van der Waals surface area contributed by atoms with Gasteiger partial charge in [0.1, 0.15) is 5.82 Å². The van der Waals surface area contributed by atoms with Crippen molar-refractivity contribution in [1.82, 2.24) is 30.6 Å². The molecule has 2 aromatic rings. The summed E-state index contributed by atoms with van der Waals surface area (Å²) in [7, 11) is 0. The molecule has 5 rings (SSSR count). The Morgan fingerprint density at radius 3 is 2.39 bits per heavy atom. The molecule has 0 bridgehead atoms. The smallest absolute Gasteiger partial charge is 0.356 e. The van der Waals surface area contributed by atoms with E-state index < -0.39 is 11.9 Å². The van der Waals surface area contributed by atoms with Crippen LogP contribution in [-0.2, 0) is 12.6 Å². The van der Waals surface area contributed by atoms with Gasteiger partial charge in [0.2, 0.25) is 5.95 Å². The highest BCUT2D eigenvalue weighted by molar-refractivity contribution is 5.49. The summed E-state index contributed by atoms with van der Waals surface area (Å²) in [5.74, 6) is 2.63. The highest BCUT2D eigenvalue weighted by atomic mass is 19.4. The average molecular weight is 398 g/mol. The van der Waals surface area contributed by atoms with Crippen molar-refractivity contribution < 1.29 is 14.6 Å². The van der Waals surface area contributed by atoms with Crippen molar-refractivity contribution >= 4 is 11.8 Å². The maximum absolute atomic E-state index is 13.2. The monoisotopic (exact) mass is 398 g/mol. The second-order valence-corrected chi connectivity index (χ2v) is 7.18. The second-order valence-electron chi connectivity index (χ2n) is 7.18. The number of fused-ring (bicyclic) bond motifs is 1. The second kappa shape index (κ2) is 7.17. The normalized spacial score (nSPS) is 25.7. The summed E-state index contributed by atoms with van der Waals surface area (Å²) in [6, 6.07) is 1.07. The third-order valence-electron chi connectivity index (χ3n) is 5.63. The van der Waals surface area contributed by atoms with Crippen molar-refractivity contribution in [3.05, 3.63) is 17.6 Å². The molecule has 28 heavy (non-hydrogen) atoms. The van der Waals surface area contributed by atoms with E-state index in [1.807, 2.05) is 18.7 Å².